The molecule has 0 unspecified atom stereocenters. The van der Waals surface area contributed by atoms with Crippen LogP contribution in [-0.2, 0) is 21.0 Å². The number of likely N-dealkylation sites (tertiary alicyclic amines) is 1. The van der Waals surface area contributed by atoms with Gasteiger partial charge in [-0.15, -0.1) is 0 Å². The van der Waals surface area contributed by atoms with Crippen molar-refractivity contribution < 1.29 is 27.4 Å². The summed E-state index contributed by atoms with van der Waals surface area (Å²) in [5.41, 5.74) is 2.17. The number of hydrogen-bond donors (Lipinski definition) is 0. The first-order valence-corrected chi connectivity index (χ1v) is 13.8. The molecule has 35 heavy (non-hydrogen) atoms. The number of sulfone groups is 1. The third-order valence-electron chi connectivity index (χ3n) is 5.56. The summed E-state index contributed by atoms with van der Waals surface area (Å²) in [4.78, 5) is 26.8. The van der Waals surface area contributed by atoms with Crippen LogP contribution in [0.3, 0.4) is 0 Å². The molecule has 3 heterocycles. The number of piperidine rings is 1. The topological polar surface area (TPSA) is 121 Å². The highest BCUT2D eigenvalue weighted by Crippen LogP contribution is 2.30. The van der Waals surface area contributed by atoms with E-state index in [0.717, 1.165) is 5.69 Å². The molecule has 2 aromatic rings. The molecular formula is C24H34N4O6S. The summed E-state index contributed by atoms with van der Waals surface area (Å²) in [5.74, 6) is 1.51. The van der Waals surface area contributed by atoms with E-state index in [9.17, 15) is 13.2 Å². The lowest BCUT2D eigenvalue weighted by Crippen LogP contribution is -2.42. The van der Waals surface area contributed by atoms with Gasteiger partial charge in [0.2, 0.25) is 11.8 Å². The summed E-state index contributed by atoms with van der Waals surface area (Å²) in [5, 5.41) is 0. The number of aromatic nitrogens is 3. The molecule has 0 N–H and O–H groups in total. The molecule has 192 valence electrons. The Labute approximate surface area is 207 Å². The Morgan fingerprint density at radius 3 is 2.46 bits per heavy atom. The Hall–Kier alpha value is -2.95. The molecule has 1 fully saturated rings. The van der Waals surface area contributed by atoms with Gasteiger partial charge in [0.25, 0.3) is 0 Å². The van der Waals surface area contributed by atoms with Crippen LogP contribution in [0.4, 0.5) is 4.79 Å². The predicted molar refractivity (Wildman–Crippen MR) is 131 cm³/mol. The number of amides is 1. The van der Waals surface area contributed by atoms with E-state index in [1.807, 2.05) is 39.8 Å². The Morgan fingerprint density at radius 1 is 1.14 bits per heavy atom. The van der Waals surface area contributed by atoms with E-state index in [4.69, 9.17) is 14.2 Å². The summed E-state index contributed by atoms with van der Waals surface area (Å²) in [6.07, 6.45) is 4.57. The Morgan fingerprint density at radius 2 is 1.83 bits per heavy atom. The van der Waals surface area contributed by atoms with Crippen LogP contribution >= 0.6 is 0 Å². The molecule has 1 saturated heterocycles. The molecule has 11 heteroatoms. The summed E-state index contributed by atoms with van der Waals surface area (Å²) >= 11 is 0. The van der Waals surface area contributed by atoms with E-state index in [-0.39, 0.29) is 24.1 Å². The molecule has 1 aliphatic rings. The number of hydrogen-bond acceptors (Lipinski definition) is 9. The van der Waals surface area contributed by atoms with E-state index in [1.54, 1.807) is 4.90 Å². The van der Waals surface area contributed by atoms with Gasteiger partial charge >= 0.3 is 6.09 Å². The number of carbonyl (C=O) groups is 1. The first-order valence-electron chi connectivity index (χ1n) is 11.8. The van der Waals surface area contributed by atoms with E-state index >= 15 is 0 Å². The van der Waals surface area contributed by atoms with Gasteiger partial charge in [0.1, 0.15) is 22.3 Å². The second-order valence-corrected chi connectivity index (χ2v) is 11.3. The molecule has 0 aromatic carbocycles. The fourth-order valence-electron chi connectivity index (χ4n) is 3.70. The molecule has 0 aliphatic carbocycles. The average molecular weight is 507 g/mol. The van der Waals surface area contributed by atoms with E-state index in [2.05, 4.69) is 15.0 Å². The Bertz CT molecular complexity index is 1130. The van der Waals surface area contributed by atoms with Crippen LogP contribution in [0, 0.1) is 13.8 Å². The molecular weight excluding hydrogens is 472 g/mol. The normalized spacial score (nSPS) is 14.7. The molecule has 0 spiro atoms. The maximum absolute atomic E-state index is 12.1. The minimum absolute atomic E-state index is 0.0748. The second kappa shape index (κ2) is 11.7. The number of aryl methyl sites for hydroxylation is 2. The van der Waals surface area contributed by atoms with Crippen molar-refractivity contribution in [2.24, 2.45) is 0 Å². The summed E-state index contributed by atoms with van der Waals surface area (Å²) < 4.78 is 40.0. The van der Waals surface area contributed by atoms with Crippen LogP contribution in [0.15, 0.2) is 18.5 Å². The van der Waals surface area contributed by atoms with Crippen molar-refractivity contribution in [1.82, 2.24) is 19.9 Å². The number of pyridine rings is 1. The van der Waals surface area contributed by atoms with Crippen molar-refractivity contribution in [3.05, 3.63) is 35.4 Å². The minimum Gasteiger partial charge on any atom is -0.474 e. The van der Waals surface area contributed by atoms with Gasteiger partial charge in [0, 0.05) is 37.9 Å². The van der Waals surface area contributed by atoms with Gasteiger partial charge in [-0.3, -0.25) is 4.98 Å². The minimum atomic E-state index is -2.99. The van der Waals surface area contributed by atoms with Crippen molar-refractivity contribution >= 4 is 15.9 Å². The SMILES string of the molecule is Cc1nc(CCCS(C)(=O)=O)ccc1Oc1ncnc(OC2CCN(C(=O)OC(C)C)CC2)c1C. The lowest BCUT2D eigenvalue weighted by Gasteiger charge is -2.31. The maximum Gasteiger partial charge on any atom is 0.410 e. The second-order valence-electron chi connectivity index (χ2n) is 9.07. The van der Waals surface area contributed by atoms with Gasteiger partial charge in [-0.2, -0.15) is 0 Å². The first-order chi connectivity index (χ1) is 16.5. The molecule has 0 atom stereocenters. The quantitative estimate of drug-likeness (QED) is 0.502. The predicted octanol–water partition coefficient (Wildman–Crippen LogP) is 3.65. The fourth-order valence-corrected chi connectivity index (χ4v) is 4.37. The van der Waals surface area contributed by atoms with Crippen LogP contribution in [0.25, 0.3) is 0 Å². The van der Waals surface area contributed by atoms with Crippen molar-refractivity contribution in [2.75, 3.05) is 25.1 Å². The third kappa shape index (κ3) is 8.05. The molecule has 1 amide bonds. The number of nitrogens with zero attached hydrogens (tertiary/aromatic N) is 4. The molecule has 2 aromatic heterocycles. The maximum atomic E-state index is 12.1. The van der Waals surface area contributed by atoms with Crippen LogP contribution in [-0.4, -0.2) is 71.7 Å². The Kier molecular flexibility index (Phi) is 8.87. The van der Waals surface area contributed by atoms with Gasteiger partial charge < -0.3 is 19.1 Å². The summed E-state index contributed by atoms with van der Waals surface area (Å²) in [6.45, 7) is 8.46. The van der Waals surface area contributed by atoms with Crippen molar-refractivity contribution in [3.63, 3.8) is 0 Å². The summed E-state index contributed by atoms with van der Waals surface area (Å²) in [7, 11) is -2.99. The number of ether oxygens (including phenoxy) is 3. The molecule has 0 saturated carbocycles. The zero-order chi connectivity index (χ0) is 25.6. The van der Waals surface area contributed by atoms with Crippen molar-refractivity contribution in [1.29, 1.82) is 0 Å². The zero-order valence-electron chi connectivity index (χ0n) is 21.0. The molecule has 0 radical (unpaired) electrons. The van der Waals surface area contributed by atoms with Crippen LogP contribution < -0.4 is 9.47 Å². The van der Waals surface area contributed by atoms with E-state index < -0.39 is 9.84 Å². The van der Waals surface area contributed by atoms with Crippen molar-refractivity contribution in [2.45, 2.75) is 65.6 Å². The highest BCUT2D eigenvalue weighted by Gasteiger charge is 2.26. The van der Waals surface area contributed by atoms with Gasteiger partial charge in [-0.1, -0.05) is 0 Å². The smallest absolute Gasteiger partial charge is 0.410 e. The summed E-state index contributed by atoms with van der Waals surface area (Å²) in [6, 6.07) is 3.64. The van der Waals surface area contributed by atoms with Crippen molar-refractivity contribution in [3.8, 4) is 17.5 Å². The first kappa shape index (κ1) is 26.7. The third-order valence-corrected chi connectivity index (χ3v) is 6.59. The average Bonchev–Trinajstić information content (AvgIpc) is 2.77. The monoisotopic (exact) mass is 506 g/mol. The van der Waals surface area contributed by atoms with Gasteiger partial charge in [-0.25, -0.2) is 23.2 Å². The van der Waals surface area contributed by atoms with Crippen LogP contribution in [0.2, 0.25) is 0 Å². The van der Waals surface area contributed by atoms with E-state index in [1.165, 1.54) is 12.6 Å². The lowest BCUT2D eigenvalue weighted by molar-refractivity contribution is 0.0505. The zero-order valence-corrected chi connectivity index (χ0v) is 21.8. The van der Waals surface area contributed by atoms with Crippen LogP contribution in [0.5, 0.6) is 17.5 Å². The highest BCUT2D eigenvalue weighted by atomic mass is 32.2. The standard InChI is InChI=1S/C24H34N4O6S/c1-16(2)32-24(29)28-12-10-20(11-13-28)33-22-17(3)23(26-15-25-22)34-21-9-8-19(27-18(21)4)7-6-14-35(5,30)31/h8-9,15-16,20H,6-7,10-14H2,1-5H3. The Balaban J connectivity index is 1.59. The largest absolute Gasteiger partial charge is 0.474 e. The molecule has 1 aliphatic heterocycles. The van der Waals surface area contributed by atoms with E-state index in [0.29, 0.717) is 67.5 Å². The highest BCUT2D eigenvalue weighted by molar-refractivity contribution is 7.90. The number of carbonyl (C=O) groups excluding carboxylic acids is 1. The van der Waals surface area contributed by atoms with Crippen LogP contribution in [0.1, 0.15) is 50.1 Å². The molecule has 3 rings (SSSR count). The number of rotatable bonds is 9. The molecule has 0 bridgehead atoms. The molecule has 10 nitrogen and oxygen atoms in total. The van der Waals surface area contributed by atoms with Gasteiger partial charge in [0.05, 0.1) is 23.1 Å². The lowest BCUT2D eigenvalue weighted by atomic mass is 10.1. The van der Waals surface area contributed by atoms with Gasteiger partial charge in [0.15, 0.2) is 5.75 Å². The van der Waals surface area contributed by atoms with Gasteiger partial charge in [-0.05, 0) is 52.7 Å². The fraction of sp³-hybridized carbons (Fsp3) is 0.583.